The van der Waals surface area contributed by atoms with Gasteiger partial charge >= 0.3 is 0 Å². The summed E-state index contributed by atoms with van der Waals surface area (Å²) >= 11 is 1.79. The van der Waals surface area contributed by atoms with Crippen LogP contribution in [0.25, 0.3) is 0 Å². The Kier molecular flexibility index (Phi) is 1.81. The quantitative estimate of drug-likeness (QED) is 0.541. The number of hydrogen-bond acceptors (Lipinski definition) is 1. The first-order valence-corrected chi connectivity index (χ1v) is 4.93. The van der Waals surface area contributed by atoms with Crippen molar-refractivity contribution < 1.29 is 0 Å². The summed E-state index contributed by atoms with van der Waals surface area (Å²) in [5, 5.41) is 0.707. The van der Waals surface area contributed by atoms with Gasteiger partial charge in [-0.25, -0.2) is 5.73 Å². The predicted molar refractivity (Wildman–Crippen MR) is 49.3 cm³/mol. The van der Waals surface area contributed by atoms with E-state index >= 15 is 0 Å². The zero-order chi connectivity index (χ0) is 7.84. The summed E-state index contributed by atoms with van der Waals surface area (Å²) in [7, 11) is 0. The Morgan fingerprint density at radius 1 is 1.64 bits per heavy atom. The lowest BCUT2D eigenvalue weighted by Crippen LogP contribution is -2.12. The molecule has 1 aliphatic carbocycles. The molecule has 0 bridgehead atoms. The third-order valence-corrected chi connectivity index (χ3v) is 3.75. The number of thioether (sulfide) groups is 1. The largest absolute Gasteiger partial charge is 0.244 e. The van der Waals surface area contributed by atoms with Crippen molar-refractivity contribution in [1.29, 1.82) is 0 Å². The van der Waals surface area contributed by atoms with E-state index in [2.05, 4.69) is 25.2 Å². The van der Waals surface area contributed by atoms with Gasteiger partial charge in [-0.3, -0.25) is 0 Å². The Hall–Kier alpha value is -0.210. The fourth-order valence-corrected chi connectivity index (χ4v) is 3.16. The lowest BCUT2D eigenvalue weighted by molar-refractivity contribution is 0.594. The summed E-state index contributed by atoms with van der Waals surface area (Å²) in [5.74, 6) is 0.660. The van der Waals surface area contributed by atoms with Gasteiger partial charge in [-0.1, -0.05) is 23.8 Å². The summed E-state index contributed by atoms with van der Waals surface area (Å²) in [6.45, 7) is 2.18. The highest BCUT2D eigenvalue weighted by Crippen LogP contribution is 2.42. The number of rotatable bonds is 0. The highest BCUT2D eigenvalue weighted by Gasteiger charge is 2.33. The average Bonchev–Trinajstić information content (AvgIpc) is 2.31. The summed E-state index contributed by atoms with van der Waals surface area (Å²) in [5.41, 5.74) is 9.08. The maximum Gasteiger partial charge on any atom is 0.0678 e. The summed E-state index contributed by atoms with van der Waals surface area (Å²) < 4.78 is 0. The van der Waals surface area contributed by atoms with Crippen LogP contribution in [-0.4, -0.2) is 10.6 Å². The molecule has 0 aromatic carbocycles. The Morgan fingerprint density at radius 2 is 2.45 bits per heavy atom. The van der Waals surface area contributed by atoms with Crippen LogP contribution in [0, 0.1) is 5.92 Å². The molecule has 2 heteroatoms. The van der Waals surface area contributed by atoms with Gasteiger partial charge in [0.15, 0.2) is 0 Å². The van der Waals surface area contributed by atoms with Crippen LogP contribution in [0.5, 0.6) is 0 Å². The van der Waals surface area contributed by atoms with E-state index in [-0.39, 0.29) is 5.37 Å². The van der Waals surface area contributed by atoms with E-state index in [0.717, 1.165) is 6.42 Å². The van der Waals surface area contributed by atoms with Crippen LogP contribution < -0.4 is 5.73 Å². The van der Waals surface area contributed by atoms with E-state index in [1.807, 2.05) is 0 Å². The van der Waals surface area contributed by atoms with Crippen LogP contribution in [0.1, 0.15) is 13.3 Å². The third kappa shape index (κ3) is 1.25. The molecule has 2 aliphatic rings. The van der Waals surface area contributed by atoms with Crippen LogP contribution >= 0.6 is 11.8 Å². The minimum absolute atomic E-state index is 0.107. The standard InChI is InChI=1S/C9H12NS/c1-6-3-2-4-8-7(6)5-9(10)11-8/h2-4,7-10H,5H2,1H3. The molecule has 1 saturated heterocycles. The van der Waals surface area contributed by atoms with Crippen molar-refractivity contribution in [2.45, 2.75) is 24.0 Å². The van der Waals surface area contributed by atoms with E-state index in [1.54, 1.807) is 11.8 Å². The van der Waals surface area contributed by atoms with Crippen molar-refractivity contribution in [2.24, 2.45) is 5.92 Å². The molecule has 2 rings (SSSR count). The van der Waals surface area contributed by atoms with Crippen molar-refractivity contribution in [2.75, 3.05) is 0 Å². The van der Waals surface area contributed by atoms with E-state index < -0.39 is 0 Å². The molecule has 0 aromatic rings. The molecule has 1 radical (unpaired) electrons. The predicted octanol–water partition coefficient (Wildman–Crippen LogP) is 2.23. The fraction of sp³-hybridized carbons (Fsp3) is 0.556. The number of nitrogens with one attached hydrogen (secondary N) is 1. The maximum absolute atomic E-state index is 7.62. The zero-order valence-corrected chi connectivity index (χ0v) is 7.40. The molecule has 0 spiro atoms. The van der Waals surface area contributed by atoms with Crippen molar-refractivity contribution >= 4 is 11.8 Å². The second-order valence-electron chi connectivity index (χ2n) is 3.23. The Morgan fingerprint density at radius 3 is 3.18 bits per heavy atom. The van der Waals surface area contributed by atoms with Gasteiger partial charge in [-0.2, -0.15) is 0 Å². The molecule has 1 aliphatic heterocycles. The SMILES string of the molecule is CC1=CC=CC2SC([NH])CC12. The average molecular weight is 166 g/mol. The second kappa shape index (κ2) is 2.68. The van der Waals surface area contributed by atoms with Crippen LogP contribution in [-0.2, 0) is 0 Å². The van der Waals surface area contributed by atoms with Gasteiger partial charge in [0.05, 0.1) is 5.37 Å². The van der Waals surface area contributed by atoms with E-state index in [1.165, 1.54) is 5.57 Å². The Balaban J connectivity index is 2.21. The normalized spacial score (nSPS) is 42.0. The first-order valence-electron chi connectivity index (χ1n) is 3.99. The van der Waals surface area contributed by atoms with Crippen LogP contribution in [0.4, 0.5) is 0 Å². The maximum atomic E-state index is 7.62. The Labute approximate surface area is 71.7 Å². The molecule has 3 atom stereocenters. The highest BCUT2D eigenvalue weighted by atomic mass is 32.2. The summed E-state index contributed by atoms with van der Waals surface area (Å²) in [6, 6.07) is 0. The topological polar surface area (TPSA) is 23.8 Å². The fourth-order valence-electron chi connectivity index (χ4n) is 1.77. The minimum atomic E-state index is 0.107. The molecule has 11 heavy (non-hydrogen) atoms. The lowest BCUT2D eigenvalue weighted by Gasteiger charge is -2.18. The van der Waals surface area contributed by atoms with Crippen LogP contribution in [0.3, 0.4) is 0 Å². The van der Waals surface area contributed by atoms with Gasteiger partial charge < -0.3 is 0 Å². The van der Waals surface area contributed by atoms with Crippen LogP contribution in [0.15, 0.2) is 23.8 Å². The molecule has 1 fully saturated rings. The number of hydrogen-bond donors (Lipinski definition) is 0. The molecule has 0 aromatic heterocycles. The first kappa shape index (κ1) is 7.44. The molecule has 1 nitrogen and oxygen atoms in total. The first-order chi connectivity index (χ1) is 5.27. The molecule has 1 N–H and O–H groups in total. The summed E-state index contributed by atoms with van der Waals surface area (Å²) in [6.07, 6.45) is 7.58. The molecule has 0 amide bonds. The molecular weight excluding hydrogens is 154 g/mol. The van der Waals surface area contributed by atoms with Crippen molar-refractivity contribution in [3.63, 3.8) is 0 Å². The van der Waals surface area contributed by atoms with Gasteiger partial charge in [0.2, 0.25) is 0 Å². The van der Waals surface area contributed by atoms with Gasteiger partial charge in [-0.15, -0.1) is 11.8 Å². The van der Waals surface area contributed by atoms with Crippen LogP contribution in [0.2, 0.25) is 0 Å². The molecule has 0 saturated carbocycles. The van der Waals surface area contributed by atoms with Gasteiger partial charge in [-0.05, 0) is 19.3 Å². The monoisotopic (exact) mass is 166 g/mol. The van der Waals surface area contributed by atoms with Gasteiger partial charge in [0, 0.05) is 5.25 Å². The summed E-state index contributed by atoms with van der Waals surface area (Å²) in [4.78, 5) is 0. The van der Waals surface area contributed by atoms with Gasteiger partial charge in [0.1, 0.15) is 0 Å². The molecular formula is C9H12NS. The zero-order valence-electron chi connectivity index (χ0n) is 6.58. The van der Waals surface area contributed by atoms with Gasteiger partial charge in [0.25, 0.3) is 0 Å². The van der Waals surface area contributed by atoms with Crippen molar-refractivity contribution in [3.8, 4) is 0 Å². The van der Waals surface area contributed by atoms with Crippen molar-refractivity contribution in [3.05, 3.63) is 23.8 Å². The lowest BCUT2D eigenvalue weighted by atomic mass is 9.90. The molecule has 1 heterocycles. The number of allylic oxidation sites excluding steroid dienone is 3. The highest BCUT2D eigenvalue weighted by molar-refractivity contribution is 8.00. The Bertz CT molecular complexity index is 220. The van der Waals surface area contributed by atoms with E-state index in [4.69, 9.17) is 5.73 Å². The minimum Gasteiger partial charge on any atom is -0.244 e. The smallest absolute Gasteiger partial charge is 0.0678 e. The van der Waals surface area contributed by atoms with E-state index in [0.29, 0.717) is 11.2 Å². The van der Waals surface area contributed by atoms with Crippen molar-refractivity contribution in [1.82, 2.24) is 5.73 Å². The third-order valence-electron chi connectivity index (χ3n) is 2.43. The number of fused-ring (bicyclic) bond motifs is 1. The molecule has 59 valence electrons. The molecule has 3 unspecified atom stereocenters. The second-order valence-corrected chi connectivity index (χ2v) is 4.61. The van der Waals surface area contributed by atoms with E-state index in [9.17, 15) is 0 Å².